The minimum Gasteiger partial charge on any atom is -0.444 e. The van der Waals surface area contributed by atoms with Gasteiger partial charge in [-0.25, -0.2) is 9.78 Å². The molecule has 31 heavy (non-hydrogen) atoms. The number of anilines is 1. The molecular weight excluding hydrogens is 430 g/mol. The average Bonchev–Trinajstić information content (AvgIpc) is 3.23. The van der Waals surface area contributed by atoms with E-state index in [-0.39, 0.29) is 12.0 Å². The van der Waals surface area contributed by atoms with Gasteiger partial charge in [0.05, 0.1) is 17.1 Å². The molecule has 0 saturated heterocycles. The Morgan fingerprint density at radius 1 is 1.26 bits per heavy atom. The Hall–Kier alpha value is -2.19. The largest absolute Gasteiger partial charge is 0.444 e. The number of ether oxygens (including phenoxy) is 1. The van der Waals surface area contributed by atoms with Gasteiger partial charge in [-0.2, -0.15) is 0 Å². The Morgan fingerprint density at radius 3 is 2.68 bits per heavy atom. The molecule has 3 heterocycles. The Labute approximate surface area is 191 Å². The summed E-state index contributed by atoms with van der Waals surface area (Å²) in [7, 11) is 0. The minimum absolute atomic E-state index is 0.105. The third kappa shape index (κ3) is 4.41. The average molecular weight is 460 g/mol. The molecule has 2 aromatic rings. The summed E-state index contributed by atoms with van der Waals surface area (Å²) in [6.45, 7) is 12.6. The Morgan fingerprint density at radius 2 is 2.00 bits per heavy atom. The minimum atomic E-state index is -0.527. The number of nitrogens with zero attached hydrogens (tertiary/aromatic N) is 2. The van der Waals surface area contributed by atoms with Crippen LogP contribution < -0.4 is 5.32 Å². The second kappa shape index (κ2) is 8.06. The van der Waals surface area contributed by atoms with E-state index < -0.39 is 5.60 Å². The molecule has 1 aliphatic heterocycles. The summed E-state index contributed by atoms with van der Waals surface area (Å²) in [5, 5.41) is 4.77. The Bertz CT molecular complexity index is 1060. The van der Waals surface area contributed by atoms with Crippen molar-refractivity contribution in [3.05, 3.63) is 27.1 Å². The molecule has 2 atom stereocenters. The molecule has 2 aliphatic rings. The maximum Gasteiger partial charge on any atom is 0.410 e. The van der Waals surface area contributed by atoms with Crippen molar-refractivity contribution in [3.8, 4) is 10.6 Å². The van der Waals surface area contributed by atoms with Crippen LogP contribution in [0.5, 0.6) is 0 Å². The summed E-state index contributed by atoms with van der Waals surface area (Å²) in [5.74, 6) is 0.717. The second-order valence-corrected chi connectivity index (χ2v) is 11.5. The van der Waals surface area contributed by atoms with E-state index in [1.54, 1.807) is 16.2 Å². The molecule has 6 nitrogen and oxygen atoms in total. The molecule has 4 rings (SSSR count). The first-order valence-electron chi connectivity index (χ1n) is 10.6. The first-order valence-corrected chi connectivity index (χ1v) is 12.3. The number of thiazole rings is 1. The maximum absolute atomic E-state index is 12.6. The van der Waals surface area contributed by atoms with Crippen LogP contribution in [0.2, 0.25) is 0 Å². The SMILES string of the molecule is CC(=O)Nc1sc2c(c1-c1nc3c(s1)C=CC(C)C3C)CCN(C(=O)OC(C)(C)C)C2. The summed E-state index contributed by atoms with van der Waals surface area (Å²) in [6.07, 6.45) is 4.83. The van der Waals surface area contributed by atoms with Crippen LogP contribution in [0, 0.1) is 5.92 Å². The summed E-state index contributed by atoms with van der Waals surface area (Å²) < 4.78 is 5.56. The molecule has 0 spiro atoms. The molecule has 2 amide bonds. The predicted molar refractivity (Wildman–Crippen MR) is 127 cm³/mol. The number of aromatic nitrogens is 1. The van der Waals surface area contributed by atoms with Crippen LogP contribution in [0.3, 0.4) is 0 Å². The van der Waals surface area contributed by atoms with Gasteiger partial charge < -0.3 is 15.0 Å². The van der Waals surface area contributed by atoms with Crippen molar-refractivity contribution >= 4 is 45.8 Å². The van der Waals surface area contributed by atoms with Gasteiger partial charge in [0.1, 0.15) is 15.6 Å². The lowest BCUT2D eigenvalue weighted by atomic mass is 9.88. The van der Waals surface area contributed by atoms with E-state index in [1.165, 1.54) is 28.7 Å². The van der Waals surface area contributed by atoms with Crippen molar-refractivity contribution in [2.45, 2.75) is 66.0 Å². The molecule has 8 heteroatoms. The summed E-state index contributed by atoms with van der Waals surface area (Å²) in [6, 6.07) is 0. The third-order valence-corrected chi connectivity index (χ3v) is 7.85. The van der Waals surface area contributed by atoms with Gasteiger partial charge in [0, 0.05) is 29.8 Å². The van der Waals surface area contributed by atoms with Gasteiger partial charge in [-0.3, -0.25) is 4.79 Å². The normalized spacial score (nSPS) is 20.3. The number of hydrogen-bond acceptors (Lipinski definition) is 6. The zero-order chi connectivity index (χ0) is 22.5. The number of fused-ring (bicyclic) bond motifs is 2. The highest BCUT2D eigenvalue weighted by Crippen LogP contribution is 2.47. The molecule has 166 valence electrons. The number of carbonyl (C=O) groups excluding carboxylic acids is 2. The van der Waals surface area contributed by atoms with Gasteiger partial charge in [0.25, 0.3) is 0 Å². The molecule has 0 saturated carbocycles. The molecule has 1 aliphatic carbocycles. The highest BCUT2D eigenvalue weighted by atomic mass is 32.1. The lowest BCUT2D eigenvalue weighted by Gasteiger charge is -2.30. The molecule has 2 aromatic heterocycles. The van der Waals surface area contributed by atoms with E-state index >= 15 is 0 Å². The number of nitrogens with one attached hydrogen (secondary N) is 1. The summed E-state index contributed by atoms with van der Waals surface area (Å²) >= 11 is 3.22. The van der Waals surface area contributed by atoms with Crippen molar-refractivity contribution in [1.29, 1.82) is 0 Å². The molecule has 0 aromatic carbocycles. The van der Waals surface area contributed by atoms with Gasteiger partial charge in [0.2, 0.25) is 5.91 Å². The first-order chi connectivity index (χ1) is 14.5. The fourth-order valence-electron chi connectivity index (χ4n) is 3.91. The van der Waals surface area contributed by atoms with E-state index in [0.717, 1.165) is 26.1 Å². The van der Waals surface area contributed by atoms with Crippen molar-refractivity contribution in [2.24, 2.45) is 5.92 Å². The first kappa shape index (κ1) is 22.0. The van der Waals surface area contributed by atoms with Crippen molar-refractivity contribution in [2.75, 3.05) is 11.9 Å². The van der Waals surface area contributed by atoms with Crippen molar-refractivity contribution in [3.63, 3.8) is 0 Å². The predicted octanol–water partition coefficient (Wildman–Crippen LogP) is 5.89. The van der Waals surface area contributed by atoms with Crippen LogP contribution in [0.1, 0.15) is 68.5 Å². The van der Waals surface area contributed by atoms with Crippen LogP contribution in [0.25, 0.3) is 16.6 Å². The van der Waals surface area contributed by atoms with Crippen molar-refractivity contribution < 1.29 is 14.3 Å². The summed E-state index contributed by atoms with van der Waals surface area (Å²) in [4.78, 5) is 33.5. The van der Waals surface area contributed by atoms with Crippen LogP contribution >= 0.6 is 22.7 Å². The smallest absolute Gasteiger partial charge is 0.410 e. The van der Waals surface area contributed by atoms with E-state index in [9.17, 15) is 9.59 Å². The van der Waals surface area contributed by atoms with Crippen LogP contribution in [0.4, 0.5) is 9.80 Å². The number of allylic oxidation sites excluding steroid dienone is 1. The lowest BCUT2D eigenvalue weighted by Crippen LogP contribution is -2.39. The monoisotopic (exact) mass is 459 g/mol. The number of amides is 2. The van der Waals surface area contributed by atoms with Crippen LogP contribution in [-0.2, 0) is 22.5 Å². The molecule has 0 bridgehead atoms. The van der Waals surface area contributed by atoms with Gasteiger partial charge >= 0.3 is 6.09 Å². The standard InChI is InChI=1S/C23H29N3O3S2/c1-12-7-8-16-19(13(12)2)25-21(30-16)18-15-9-10-26(22(28)29-23(4,5)6)11-17(15)31-20(18)24-14(3)27/h7-8,12-13H,9-11H2,1-6H3,(H,24,27). The van der Waals surface area contributed by atoms with E-state index in [4.69, 9.17) is 9.72 Å². The Kier molecular flexibility index (Phi) is 5.72. The fraction of sp³-hybridized carbons (Fsp3) is 0.522. The molecule has 0 radical (unpaired) electrons. The van der Waals surface area contributed by atoms with Gasteiger partial charge in [-0.15, -0.1) is 22.7 Å². The van der Waals surface area contributed by atoms with Gasteiger partial charge in [-0.1, -0.05) is 19.9 Å². The highest BCUT2D eigenvalue weighted by Gasteiger charge is 2.32. The zero-order valence-corrected chi connectivity index (χ0v) is 20.5. The van der Waals surface area contributed by atoms with Crippen LogP contribution in [-0.4, -0.2) is 34.0 Å². The number of rotatable bonds is 2. The van der Waals surface area contributed by atoms with E-state index in [2.05, 4.69) is 31.3 Å². The molecule has 0 fully saturated rings. The Balaban J connectivity index is 1.71. The molecular formula is C23H29N3O3S2. The molecule has 1 N–H and O–H groups in total. The zero-order valence-electron chi connectivity index (χ0n) is 18.9. The molecule has 2 unspecified atom stereocenters. The topological polar surface area (TPSA) is 71.5 Å². The lowest BCUT2D eigenvalue weighted by molar-refractivity contribution is -0.114. The summed E-state index contributed by atoms with van der Waals surface area (Å²) in [5.41, 5.74) is 2.81. The fourth-order valence-corrected chi connectivity index (χ4v) is 6.45. The van der Waals surface area contributed by atoms with Crippen molar-refractivity contribution in [1.82, 2.24) is 9.88 Å². The quantitative estimate of drug-likeness (QED) is 0.608. The number of hydrogen-bond donors (Lipinski definition) is 1. The number of thiophene rings is 1. The highest BCUT2D eigenvalue weighted by molar-refractivity contribution is 7.19. The third-order valence-electron chi connectivity index (χ3n) is 5.66. The van der Waals surface area contributed by atoms with Crippen LogP contribution in [0.15, 0.2) is 6.08 Å². The van der Waals surface area contributed by atoms with Gasteiger partial charge in [-0.05, 0) is 44.7 Å². The van der Waals surface area contributed by atoms with E-state index in [1.807, 2.05) is 20.8 Å². The van der Waals surface area contributed by atoms with Gasteiger partial charge in [0.15, 0.2) is 0 Å². The van der Waals surface area contributed by atoms with E-state index in [0.29, 0.717) is 31.3 Å². The number of carbonyl (C=O) groups is 2. The maximum atomic E-state index is 12.6. The second-order valence-electron chi connectivity index (χ2n) is 9.32.